The van der Waals surface area contributed by atoms with Gasteiger partial charge >= 0.3 is 5.97 Å². The minimum atomic E-state index is -0.837. The summed E-state index contributed by atoms with van der Waals surface area (Å²) in [7, 11) is 0. The van der Waals surface area contributed by atoms with Crippen molar-refractivity contribution in [3.63, 3.8) is 0 Å². The van der Waals surface area contributed by atoms with Crippen LogP contribution in [0.4, 0.5) is 0 Å². The Morgan fingerprint density at radius 3 is 2.29 bits per heavy atom. The third-order valence-electron chi connectivity index (χ3n) is 6.00. The number of carbonyl (C=O) groups excluding carboxylic acids is 3. The van der Waals surface area contributed by atoms with E-state index in [-0.39, 0.29) is 24.8 Å². The second-order valence-electron chi connectivity index (χ2n) is 8.38. The van der Waals surface area contributed by atoms with Gasteiger partial charge in [-0.3, -0.25) is 14.4 Å². The van der Waals surface area contributed by atoms with Crippen molar-refractivity contribution in [3.8, 4) is 0 Å². The molecule has 2 amide bonds. The normalized spacial score (nSPS) is 14.3. The van der Waals surface area contributed by atoms with Gasteiger partial charge in [0.1, 0.15) is 6.04 Å². The molecule has 0 radical (unpaired) electrons. The van der Waals surface area contributed by atoms with Crippen molar-refractivity contribution in [1.82, 2.24) is 10.2 Å². The molecule has 0 fully saturated rings. The first-order valence-corrected chi connectivity index (χ1v) is 11.4. The van der Waals surface area contributed by atoms with Crippen molar-refractivity contribution in [2.24, 2.45) is 0 Å². The molecule has 0 saturated carbocycles. The molecule has 3 aromatic rings. The lowest BCUT2D eigenvalue weighted by molar-refractivity contribution is -0.144. The van der Waals surface area contributed by atoms with Gasteiger partial charge in [0.15, 0.2) is 0 Å². The molecule has 1 N–H and O–H groups in total. The van der Waals surface area contributed by atoms with E-state index in [1.54, 1.807) is 17.9 Å². The van der Waals surface area contributed by atoms with Crippen LogP contribution in [0.3, 0.4) is 0 Å². The molecule has 174 valence electrons. The summed E-state index contributed by atoms with van der Waals surface area (Å²) in [6, 6.07) is 22.9. The molecule has 0 spiro atoms. The molecule has 0 aliphatic carbocycles. The van der Waals surface area contributed by atoms with Gasteiger partial charge in [0, 0.05) is 12.1 Å². The Labute approximate surface area is 199 Å². The summed E-state index contributed by atoms with van der Waals surface area (Å²) in [5.74, 6) is -0.923. The molecule has 34 heavy (non-hydrogen) atoms. The molecule has 6 nitrogen and oxygen atoms in total. The number of rotatable bonds is 8. The van der Waals surface area contributed by atoms with E-state index in [0.717, 1.165) is 16.7 Å². The molecule has 6 heteroatoms. The topological polar surface area (TPSA) is 75.7 Å². The molecule has 2 atom stereocenters. The molecule has 1 heterocycles. The van der Waals surface area contributed by atoms with Crippen LogP contribution in [0.25, 0.3) is 0 Å². The second-order valence-corrected chi connectivity index (χ2v) is 8.38. The number of carbonyl (C=O) groups is 3. The third kappa shape index (κ3) is 5.01. The molecule has 0 aromatic heterocycles. The Kier molecular flexibility index (Phi) is 7.07. The fourth-order valence-corrected chi connectivity index (χ4v) is 4.28. The van der Waals surface area contributed by atoms with Crippen molar-refractivity contribution in [2.75, 3.05) is 6.61 Å². The summed E-state index contributed by atoms with van der Waals surface area (Å²) in [5.41, 5.74) is 4.09. The van der Waals surface area contributed by atoms with Gasteiger partial charge in [-0.2, -0.15) is 0 Å². The Bertz CT molecular complexity index is 1170. The van der Waals surface area contributed by atoms with Gasteiger partial charge in [-0.1, -0.05) is 78.4 Å². The van der Waals surface area contributed by atoms with Crippen molar-refractivity contribution in [1.29, 1.82) is 0 Å². The van der Waals surface area contributed by atoms with Crippen molar-refractivity contribution in [3.05, 3.63) is 107 Å². The molecular formula is C28H28N2O4. The number of esters is 1. The predicted octanol–water partition coefficient (Wildman–Crippen LogP) is 4.50. The number of nitrogens with zero attached hydrogens (tertiary/aromatic N) is 1. The van der Waals surface area contributed by atoms with E-state index in [2.05, 4.69) is 5.32 Å². The zero-order valence-electron chi connectivity index (χ0n) is 19.4. The fourth-order valence-electron chi connectivity index (χ4n) is 4.28. The van der Waals surface area contributed by atoms with E-state index >= 15 is 0 Å². The van der Waals surface area contributed by atoms with Crippen LogP contribution >= 0.6 is 0 Å². The van der Waals surface area contributed by atoms with Crippen LogP contribution in [0, 0.1) is 6.92 Å². The number of fused-ring (bicyclic) bond motifs is 1. The standard InChI is InChI=1S/C28H28N2O4/c1-3-34-25(31)17-24(20-15-13-19(2)14-16-20)29-27(32)26(21-9-5-4-6-10-21)30-18-22-11-7-8-12-23(22)28(30)33/h4-16,24,26H,3,17-18H2,1-2H3,(H,29,32)/t24?,26-/m1/s1. The Hall–Kier alpha value is -3.93. The van der Waals surface area contributed by atoms with Gasteiger partial charge in [-0.05, 0) is 36.6 Å². The molecule has 1 aliphatic rings. The first-order valence-electron chi connectivity index (χ1n) is 11.4. The molecule has 4 rings (SSSR count). The highest BCUT2D eigenvalue weighted by Gasteiger charge is 2.38. The molecular weight excluding hydrogens is 428 g/mol. The number of amides is 2. The number of benzene rings is 3. The minimum Gasteiger partial charge on any atom is -0.466 e. The maximum absolute atomic E-state index is 13.8. The summed E-state index contributed by atoms with van der Waals surface area (Å²) in [6.07, 6.45) is -0.00166. The smallest absolute Gasteiger partial charge is 0.308 e. The van der Waals surface area contributed by atoms with Gasteiger partial charge in [-0.25, -0.2) is 0 Å². The van der Waals surface area contributed by atoms with E-state index in [4.69, 9.17) is 4.74 Å². The average Bonchev–Trinajstić information content (AvgIpc) is 3.16. The van der Waals surface area contributed by atoms with Gasteiger partial charge in [0.25, 0.3) is 5.91 Å². The van der Waals surface area contributed by atoms with Crippen LogP contribution in [0.15, 0.2) is 78.9 Å². The van der Waals surface area contributed by atoms with Crippen LogP contribution in [0.2, 0.25) is 0 Å². The number of ether oxygens (including phenoxy) is 1. The minimum absolute atomic E-state index is 0.00166. The monoisotopic (exact) mass is 456 g/mol. The summed E-state index contributed by atoms with van der Waals surface area (Å²) in [5, 5.41) is 3.03. The van der Waals surface area contributed by atoms with Crippen molar-refractivity contribution < 1.29 is 19.1 Å². The van der Waals surface area contributed by atoms with Gasteiger partial charge in [0.05, 0.1) is 19.1 Å². The Morgan fingerprint density at radius 1 is 0.941 bits per heavy atom. The number of hydrogen-bond donors (Lipinski definition) is 1. The number of nitrogens with one attached hydrogen (secondary N) is 1. The average molecular weight is 457 g/mol. The number of aryl methyl sites for hydroxylation is 1. The quantitative estimate of drug-likeness (QED) is 0.507. The highest BCUT2D eigenvalue weighted by Crippen LogP contribution is 2.32. The van der Waals surface area contributed by atoms with Crippen LogP contribution in [0.5, 0.6) is 0 Å². The van der Waals surface area contributed by atoms with Crippen molar-refractivity contribution in [2.45, 2.75) is 38.9 Å². The fraction of sp³-hybridized carbons (Fsp3) is 0.250. The predicted molar refractivity (Wildman–Crippen MR) is 129 cm³/mol. The maximum Gasteiger partial charge on any atom is 0.308 e. The van der Waals surface area contributed by atoms with E-state index in [9.17, 15) is 14.4 Å². The first kappa shape index (κ1) is 23.2. The molecule has 1 aliphatic heterocycles. The Balaban J connectivity index is 1.65. The van der Waals surface area contributed by atoms with E-state index in [1.165, 1.54) is 0 Å². The molecule has 0 bridgehead atoms. The van der Waals surface area contributed by atoms with E-state index in [1.807, 2.05) is 79.7 Å². The van der Waals surface area contributed by atoms with Crippen LogP contribution in [-0.2, 0) is 20.9 Å². The lowest BCUT2D eigenvalue weighted by atomic mass is 10.00. The molecule has 0 saturated heterocycles. The van der Waals surface area contributed by atoms with Crippen LogP contribution < -0.4 is 5.32 Å². The van der Waals surface area contributed by atoms with E-state index < -0.39 is 18.1 Å². The zero-order chi connectivity index (χ0) is 24.1. The third-order valence-corrected chi connectivity index (χ3v) is 6.00. The molecule has 1 unspecified atom stereocenters. The van der Waals surface area contributed by atoms with Crippen LogP contribution in [-0.4, -0.2) is 29.3 Å². The lowest BCUT2D eigenvalue weighted by Crippen LogP contribution is -2.42. The van der Waals surface area contributed by atoms with Crippen molar-refractivity contribution >= 4 is 17.8 Å². The maximum atomic E-state index is 13.8. The molecule has 3 aromatic carbocycles. The first-order chi connectivity index (χ1) is 16.5. The SMILES string of the molecule is CCOC(=O)CC(NC(=O)[C@@H](c1ccccc1)N1Cc2ccccc2C1=O)c1ccc(C)cc1. The van der Waals surface area contributed by atoms with E-state index in [0.29, 0.717) is 17.7 Å². The highest BCUT2D eigenvalue weighted by molar-refractivity contribution is 6.01. The largest absolute Gasteiger partial charge is 0.466 e. The zero-order valence-corrected chi connectivity index (χ0v) is 19.4. The Morgan fingerprint density at radius 2 is 1.62 bits per heavy atom. The van der Waals surface area contributed by atoms with Crippen LogP contribution in [0.1, 0.15) is 58.0 Å². The number of hydrogen-bond acceptors (Lipinski definition) is 4. The van der Waals surface area contributed by atoms with Gasteiger partial charge in [0.2, 0.25) is 5.91 Å². The summed E-state index contributed by atoms with van der Waals surface area (Å²) >= 11 is 0. The summed E-state index contributed by atoms with van der Waals surface area (Å²) in [4.78, 5) is 40.9. The summed E-state index contributed by atoms with van der Waals surface area (Å²) in [6.45, 7) is 4.33. The highest BCUT2D eigenvalue weighted by atomic mass is 16.5. The lowest BCUT2D eigenvalue weighted by Gasteiger charge is -2.29. The second kappa shape index (κ2) is 10.3. The van der Waals surface area contributed by atoms with Gasteiger partial charge in [-0.15, -0.1) is 0 Å². The summed E-state index contributed by atoms with van der Waals surface area (Å²) < 4.78 is 5.15. The van der Waals surface area contributed by atoms with Gasteiger partial charge < -0.3 is 15.0 Å².